The number of nitrogens with one attached hydrogen (secondary N) is 1. The summed E-state index contributed by atoms with van der Waals surface area (Å²) in [4.78, 5) is 32.5. The van der Waals surface area contributed by atoms with Crippen LogP contribution in [0.2, 0.25) is 0 Å². The molecular weight excluding hydrogens is 372 g/mol. The third kappa shape index (κ3) is 4.41. The Balaban J connectivity index is 1.49. The van der Waals surface area contributed by atoms with E-state index in [1.165, 1.54) is 18.3 Å². The zero-order valence-electron chi connectivity index (χ0n) is 15.2. The first-order chi connectivity index (χ1) is 14.2. The van der Waals surface area contributed by atoms with Crippen LogP contribution in [0.15, 0.2) is 76.4 Å². The van der Waals surface area contributed by atoms with E-state index in [0.717, 1.165) is 15.8 Å². The molecule has 0 radical (unpaired) electrons. The van der Waals surface area contributed by atoms with Crippen molar-refractivity contribution in [3.8, 4) is 11.4 Å². The van der Waals surface area contributed by atoms with Crippen LogP contribution in [0.25, 0.3) is 11.4 Å². The number of hydrogen-bond donors (Lipinski definition) is 1. The van der Waals surface area contributed by atoms with Gasteiger partial charge in [0.1, 0.15) is 6.54 Å². The van der Waals surface area contributed by atoms with Crippen LogP contribution in [0, 0.1) is 0 Å². The van der Waals surface area contributed by atoms with Gasteiger partial charge in [0.05, 0.1) is 6.42 Å². The third-order valence-electron chi connectivity index (χ3n) is 4.10. The monoisotopic (exact) mass is 388 g/mol. The second-order valence-electron chi connectivity index (χ2n) is 6.16. The van der Waals surface area contributed by atoms with Gasteiger partial charge in [-0.25, -0.2) is 4.68 Å². The predicted octanol–water partition coefficient (Wildman–Crippen LogP) is 1.92. The lowest BCUT2D eigenvalue weighted by atomic mass is 10.1. The van der Waals surface area contributed by atoms with Crippen molar-refractivity contribution in [1.29, 1.82) is 0 Å². The van der Waals surface area contributed by atoms with Crippen LogP contribution in [0.3, 0.4) is 0 Å². The molecule has 0 aliphatic heterocycles. The van der Waals surface area contributed by atoms with Gasteiger partial charge < -0.3 is 9.84 Å². The fourth-order valence-electron chi connectivity index (χ4n) is 2.73. The van der Waals surface area contributed by atoms with Crippen LogP contribution >= 0.6 is 0 Å². The van der Waals surface area contributed by atoms with E-state index in [9.17, 15) is 9.59 Å². The Morgan fingerprint density at radius 3 is 2.76 bits per heavy atom. The Morgan fingerprint density at radius 2 is 1.93 bits per heavy atom. The van der Waals surface area contributed by atoms with Gasteiger partial charge in [0.2, 0.25) is 17.6 Å². The molecule has 1 aromatic carbocycles. The minimum Gasteiger partial charge on any atom is -0.339 e. The molecule has 0 saturated heterocycles. The largest absolute Gasteiger partial charge is 0.339 e. The zero-order chi connectivity index (χ0) is 20.1. The molecule has 0 bridgehead atoms. The van der Waals surface area contributed by atoms with Gasteiger partial charge >= 0.3 is 0 Å². The van der Waals surface area contributed by atoms with E-state index < -0.39 is 0 Å². The van der Waals surface area contributed by atoms with Gasteiger partial charge in [0.15, 0.2) is 0 Å². The molecule has 0 aliphatic rings. The average molecular weight is 388 g/mol. The Kier molecular flexibility index (Phi) is 5.19. The number of para-hydroxylation sites is 1. The number of benzene rings is 1. The molecule has 1 N–H and O–H groups in total. The highest BCUT2D eigenvalue weighted by molar-refractivity contribution is 5.91. The van der Waals surface area contributed by atoms with Crippen molar-refractivity contribution in [1.82, 2.24) is 24.9 Å². The fraction of sp³-hybridized carbons (Fsp3) is 0.100. The SMILES string of the molecule is O=C(Cn1ncccc1=O)Nc1ccccc1Cc1nc(-c2cccnc2)no1. The molecule has 0 atom stereocenters. The number of aromatic nitrogens is 5. The molecule has 0 fully saturated rings. The van der Waals surface area contributed by atoms with Crippen LogP contribution in [-0.2, 0) is 17.8 Å². The minimum absolute atomic E-state index is 0.181. The van der Waals surface area contributed by atoms with Crippen molar-refractivity contribution in [2.45, 2.75) is 13.0 Å². The van der Waals surface area contributed by atoms with E-state index in [2.05, 4.69) is 25.5 Å². The molecule has 29 heavy (non-hydrogen) atoms. The lowest BCUT2D eigenvalue weighted by molar-refractivity contribution is -0.117. The molecule has 4 aromatic rings. The number of pyridine rings is 1. The van der Waals surface area contributed by atoms with Crippen LogP contribution in [0.1, 0.15) is 11.5 Å². The topological polar surface area (TPSA) is 116 Å². The molecule has 0 aliphatic carbocycles. The first-order valence-corrected chi connectivity index (χ1v) is 8.82. The van der Waals surface area contributed by atoms with Crippen molar-refractivity contribution in [3.05, 3.63) is 88.9 Å². The zero-order valence-corrected chi connectivity index (χ0v) is 15.2. The summed E-state index contributed by atoms with van der Waals surface area (Å²) in [5.41, 5.74) is 1.81. The van der Waals surface area contributed by atoms with Crippen LogP contribution in [-0.4, -0.2) is 30.8 Å². The number of hydrogen-bond acceptors (Lipinski definition) is 7. The van der Waals surface area contributed by atoms with Crippen molar-refractivity contribution in [2.75, 3.05) is 5.32 Å². The number of amides is 1. The van der Waals surface area contributed by atoms with Gasteiger partial charge in [-0.2, -0.15) is 10.1 Å². The molecule has 3 heterocycles. The number of rotatable bonds is 6. The minimum atomic E-state index is -0.361. The van der Waals surface area contributed by atoms with E-state index in [1.807, 2.05) is 18.2 Å². The molecule has 144 valence electrons. The molecule has 4 rings (SSSR count). The van der Waals surface area contributed by atoms with Gasteiger partial charge in [-0.05, 0) is 29.8 Å². The van der Waals surface area contributed by atoms with Gasteiger partial charge in [-0.3, -0.25) is 14.6 Å². The molecule has 3 aromatic heterocycles. The van der Waals surface area contributed by atoms with Gasteiger partial charge in [-0.1, -0.05) is 23.4 Å². The third-order valence-corrected chi connectivity index (χ3v) is 4.10. The second-order valence-corrected chi connectivity index (χ2v) is 6.16. The number of carbonyl (C=O) groups excluding carboxylic acids is 1. The smallest absolute Gasteiger partial charge is 0.267 e. The Hall–Kier alpha value is -4.14. The molecule has 9 nitrogen and oxygen atoms in total. The van der Waals surface area contributed by atoms with Crippen LogP contribution in [0.5, 0.6) is 0 Å². The summed E-state index contributed by atoms with van der Waals surface area (Å²) in [5.74, 6) is 0.496. The molecule has 1 amide bonds. The average Bonchev–Trinajstić information content (AvgIpc) is 3.20. The highest BCUT2D eigenvalue weighted by Gasteiger charge is 2.13. The Labute approximate surface area is 165 Å². The van der Waals surface area contributed by atoms with Crippen molar-refractivity contribution in [3.63, 3.8) is 0 Å². The van der Waals surface area contributed by atoms with Crippen molar-refractivity contribution >= 4 is 11.6 Å². The summed E-state index contributed by atoms with van der Waals surface area (Å²) in [7, 11) is 0. The lowest BCUT2D eigenvalue weighted by Crippen LogP contribution is -2.28. The second kappa shape index (κ2) is 8.26. The molecule has 9 heteroatoms. The van der Waals surface area contributed by atoms with Gasteiger partial charge in [-0.15, -0.1) is 0 Å². The highest BCUT2D eigenvalue weighted by atomic mass is 16.5. The Bertz CT molecular complexity index is 1190. The summed E-state index contributed by atoms with van der Waals surface area (Å²) >= 11 is 0. The number of anilines is 1. The van der Waals surface area contributed by atoms with Crippen LogP contribution in [0.4, 0.5) is 5.69 Å². The van der Waals surface area contributed by atoms with Gasteiger partial charge in [0, 0.05) is 35.9 Å². The maximum absolute atomic E-state index is 12.4. The van der Waals surface area contributed by atoms with Crippen molar-refractivity contribution in [2.24, 2.45) is 0 Å². The first-order valence-electron chi connectivity index (χ1n) is 8.82. The van der Waals surface area contributed by atoms with E-state index in [0.29, 0.717) is 23.8 Å². The number of nitrogens with zero attached hydrogens (tertiary/aromatic N) is 5. The predicted molar refractivity (Wildman–Crippen MR) is 104 cm³/mol. The summed E-state index contributed by atoms with van der Waals surface area (Å²) in [6.45, 7) is -0.181. The summed E-state index contributed by atoms with van der Waals surface area (Å²) in [6, 6.07) is 13.8. The standard InChI is InChI=1S/C20H16N6O3/c27-17(13-26-19(28)8-4-10-22-26)23-16-7-2-1-5-14(16)11-18-24-20(25-29-18)15-6-3-9-21-12-15/h1-10,12H,11,13H2,(H,23,27). The van der Waals surface area contributed by atoms with E-state index in [4.69, 9.17) is 4.52 Å². The summed E-state index contributed by atoms with van der Waals surface area (Å²) in [6.07, 6.45) is 5.12. The highest BCUT2D eigenvalue weighted by Crippen LogP contribution is 2.20. The maximum atomic E-state index is 12.4. The fourth-order valence-corrected chi connectivity index (χ4v) is 2.73. The molecule has 0 unspecified atom stereocenters. The number of carbonyl (C=O) groups is 1. The maximum Gasteiger partial charge on any atom is 0.267 e. The first kappa shape index (κ1) is 18.2. The van der Waals surface area contributed by atoms with E-state index in [1.54, 1.807) is 30.6 Å². The molecule has 0 spiro atoms. The normalized spacial score (nSPS) is 10.6. The summed E-state index contributed by atoms with van der Waals surface area (Å²) < 4.78 is 6.43. The summed E-state index contributed by atoms with van der Waals surface area (Å²) in [5, 5.41) is 10.7. The van der Waals surface area contributed by atoms with Crippen LogP contribution < -0.4 is 10.9 Å². The van der Waals surface area contributed by atoms with E-state index in [-0.39, 0.29) is 18.0 Å². The molecule has 0 saturated carbocycles. The quantitative estimate of drug-likeness (QED) is 0.536. The Morgan fingerprint density at radius 1 is 1.07 bits per heavy atom. The molecular formula is C20H16N6O3. The lowest BCUT2D eigenvalue weighted by Gasteiger charge is -2.10. The van der Waals surface area contributed by atoms with E-state index >= 15 is 0 Å². The van der Waals surface area contributed by atoms with Gasteiger partial charge in [0.25, 0.3) is 5.56 Å². The van der Waals surface area contributed by atoms with Crippen molar-refractivity contribution < 1.29 is 9.32 Å².